The van der Waals surface area contributed by atoms with Crippen molar-refractivity contribution in [1.29, 1.82) is 0 Å². The molecule has 0 saturated carbocycles. The number of benzene rings is 1. The fourth-order valence-electron chi connectivity index (χ4n) is 1.57. The number of carbonyl (C=O) groups is 1. The van der Waals surface area contributed by atoms with Crippen molar-refractivity contribution in [2.45, 2.75) is 13.3 Å². The van der Waals surface area contributed by atoms with Gasteiger partial charge in [-0.1, -0.05) is 24.3 Å². The molecule has 1 aromatic heterocycles. The topological polar surface area (TPSA) is 126 Å². The van der Waals surface area contributed by atoms with E-state index in [1.165, 1.54) is 19.4 Å². The van der Waals surface area contributed by atoms with Crippen molar-refractivity contribution in [3.8, 4) is 0 Å². The zero-order valence-electron chi connectivity index (χ0n) is 13.3. The smallest absolute Gasteiger partial charge is 0.325 e. The lowest BCUT2D eigenvalue weighted by molar-refractivity contribution is -0.118. The van der Waals surface area contributed by atoms with E-state index in [9.17, 15) is 9.36 Å². The quantitative estimate of drug-likeness (QED) is 0.493. The van der Waals surface area contributed by atoms with Crippen LogP contribution in [0.3, 0.4) is 0 Å². The molecule has 1 amide bonds. The third-order valence-electron chi connectivity index (χ3n) is 2.51. The number of fused-ring (bicyclic) bond motifs is 1. The van der Waals surface area contributed by atoms with Crippen molar-refractivity contribution < 1.29 is 19.1 Å². The summed E-state index contributed by atoms with van der Waals surface area (Å²) in [5.74, 6) is -0.185. The number of hydrogen-bond acceptors (Lipinski definition) is 4. The Bertz CT molecular complexity index is 565. The summed E-state index contributed by atoms with van der Waals surface area (Å²) in [7, 11) is -2.38. The van der Waals surface area contributed by atoms with Crippen LogP contribution in [0.2, 0.25) is 0 Å². The Balaban J connectivity index is 0.000000380. The molecule has 8 heteroatoms. The summed E-state index contributed by atoms with van der Waals surface area (Å²) in [6.07, 6.45) is 1.94. The summed E-state index contributed by atoms with van der Waals surface area (Å²) >= 11 is 0. The zero-order valence-corrected chi connectivity index (χ0v) is 14.2. The van der Waals surface area contributed by atoms with Gasteiger partial charge in [0.25, 0.3) is 0 Å². The van der Waals surface area contributed by atoms with E-state index in [-0.39, 0.29) is 12.1 Å². The number of nitrogens with zero attached hydrogens (tertiary/aromatic N) is 1. The van der Waals surface area contributed by atoms with Crippen molar-refractivity contribution in [3.05, 3.63) is 42.6 Å². The van der Waals surface area contributed by atoms with E-state index in [2.05, 4.69) is 28.2 Å². The van der Waals surface area contributed by atoms with Crippen LogP contribution in [0.1, 0.15) is 13.3 Å². The van der Waals surface area contributed by atoms with Gasteiger partial charge in [-0.15, -0.1) is 0 Å². The van der Waals surface area contributed by atoms with Crippen LogP contribution < -0.4 is 11.1 Å². The van der Waals surface area contributed by atoms with Gasteiger partial charge in [0, 0.05) is 25.1 Å². The predicted molar refractivity (Wildman–Crippen MR) is 92.1 cm³/mol. The summed E-state index contributed by atoms with van der Waals surface area (Å²) in [4.78, 5) is 31.2. The van der Waals surface area contributed by atoms with Gasteiger partial charge >= 0.3 is 7.60 Å². The molecule has 1 aromatic carbocycles. The van der Waals surface area contributed by atoms with Gasteiger partial charge < -0.3 is 20.8 Å². The van der Waals surface area contributed by atoms with Gasteiger partial charge in [0.1, 0.15) is 0 Å². The summed E-state index contributed by atoms with van der Waals surface area (Å²) in [5.41, 5.74) is 5.56. The maximum Gasteiger partial charge on any atom is 0.325 e. The highest BCUT2D eigenvalue weighted by molar-refractivity contribution is 7.51. The van der Waals surface area contributed by atoms with Gasteiger partial charge in [-0.2, -0.15) is 0 Å². The Kier molecular flexibility index (Phi) is 10.8. The number of amides is 1. The van der Waals surface area contributed by atoms with Gasteiger partial charge in [-0.3, -0.25) is 14.3 Å². The van der Waals surface area contributed by atoms with Crippen LogP contribution >= 0.6 is 7.60 Å². The average Bonchev–Trinajstić information content (AvgIpc) is 2.53. The van der Waals surface area contributed by atoms with Crippen molar-refractivity contribution in [2.24, 2.45) is 5.73 Å². The second-order valence-corrected chi connectivity index (χ2v) is 6.20. The van der Waals surface area contributed by atoms with Crippen molar-refractivity contribution in [1.82, 2.24) is 10.3 Å². The van der Waals surface area contributed by atoms with Crippen LogP contribution in [0.15, 0.2) is 42.6 Å². The molecule has 0 radical (unpaired) electrons. The van der Waals surface area contributed by atoms with Crippen molar-refractivity contribution in [3.63, 3.8) is 0 Å². The van der Waals surface area contributed by atoms with Gasteiger partial charge in [-0.05, 0) is 25.6 Å². The Morgan fingerprint density at radius 3 is 2.39 bits per heavy atom. The van der Waals surface area contributed by atoms with Crippen LogP contribution in [0, 0.1) is 0 Å². The molecule has 2 rings (SSSR count). The van der Waals surface area contributed by atoms with Gasteiger partial charge in [0.15, 0.2) is 0 Å². The third-order valence-corrected chi connectivity index (χ3v) is 3.41. The molecule has 0 atom stereocenters. The molecule has 0 unspecified atom stereocenters. The van der Waals surface area contributed by atoms with Crippen molar-refractivity contribution in [2.75, 3.05) is 19.8 Å². The average molecular weight is 341 g/mol. The maximum atomic E-state index is 10.3. The van der Waals surface area contributed by atoms with Crippen LogP contribution in [0.25, 0.3) is 10.9 Å². The maximum absolute atomic E-state index is 10.3. The Morgan fingerprint density at radius 2 is 1.83 bits per heavy atom. The predicted octanol–water partition coefficient (Wildman–Crippen LogP) is 1.50. The molecular formula is C15H24N3O4P. The molecular weight excluding hydrogens is 317 g/mol. The number of aromatic nitrogens is 1. The summed E-state index contributed by atoms with van der Waals surface area (Å²) in [5, 5.41) is 3.63. The monoisotopic (exact) mass is 341 g/mol. The fourth-order valence-corrected chi connectivity index (χ4v) is 2.14. The first kappa shape index (κ1) is 21.2. The zero-order chi connectivity index (χ0) is 17.7. The number of pyridine rings is 1. The van der Waals surface area contributed by atoms with E-state index in [0.717, 1.165) is 5.52 Å². The number of para-hydroxylation sites is 1. The van der Waals surface area contributed by atoms with Crippen LogP contribution in [0.4, 0.5) is 0 Å². The summed E-state index contributed by atoms with van der Waals surface area (Å²) in [6.45, 7) is 1.68. The molecule has 0 spiro atoms. The Hall–Kier alpha value is -1.79. The molecule has 7 nitrogen and oxygen atoms in total. The van der Waals surface area contributed by atoms with Gasteiger partial charge in [0.2, 0.25) is 5.91 Å². The number of nitrogens with one attached hydrogen (secondary N) is 1. The normalized spacial score (nSPS) is 9.96. The first-order chi connectivity index (χ1) is 10.9. The SMILES string of the molecule is CC(=O)NCCCP(=O)(O)O.CN.c1ccc2ncccc2c1. The molecule has 0 fully saturated rings. The first-order valence-electron chi connectivity index (χ1n) is 7.05. The minimum atomic E-state index is -3.88. The van der Waals surface area contributed by atoms with Gasteiger partial charge in [-0.25, -0.2) is 0 Å². The number of nitrogens with two attached hydrogens (primary N) is 1. The lowest BCUT2D eigenvalue weighted by Gasteiger charge is -2.03. The van der Waals surface area contributed by atoms with E-state index < -0.39 is 7.60 Å². The van der Waals surface area contributed by atoms with E-state index in [1.807, 2.05) is 30.5 Å². The number of rotatable bonds is 4. The van der Waals surface area contributed by atoms with Gasteiger partial charge in [0.05, 0.1) is 11.7 Å². The lowest BCUT2D eigenvalue weighted by atomic mass is 10.2. The molecule has 128 valence electrons. The largest absolute Gasteiger partial charge is 0.356 e. The molecule has 1 heterocycles. The molecule has 0 aliphatic heterocycles. The minimum Gasteiger partial charge on any atom is -0.356 e. The summed E-state index contributed by atoms with van der Waals surface area (Å²) < 4.78 is 10.3. The molecule has 0 bridgehead atoms. The lowest BCUT2D eigenvalue weighted by Crippen LogP contribution is -2.21. The second kappa shape index (κ2) is 11.7. The third kappa shape index (κ3) is 11.4. The van der Waals surface area contributed by atoms with Crippen molar-refractivity contribution >= 4 is 24.4 Å². The van der Waals surface area contributed by atoms with E-state index in [1.54, 1.807) is 0 Å². The van der Waals surface area contributed by atoms with E-state index in [4.69, 9.17) is 9.79 Å². The summed E-state index contributed by atoms with van der Waals surface area (Å²) in [6, 6.07) is 12.1. The molecule has 0 aliphatic rings. The van der Waals surface area contributed by atoms with E-state index >= 15 is 0 Å². The molecule has 5 N–H and O–H groups in total. The molecule has 0 aliphatic carbocycles. The Morgan fingerprint density at radius 1 is 1.22 bits per heavy atom. The number of carbonyl (C=O) groups excluding carboxylic acids is 1. The standard InChI is InChI=1S/C9H7N.C5H12NO4P.CH5N/c1-2-6-9-8(4-1)5-3-7-10-9;1-5(7)6-3-2-4-11(8,9)10;1-2/h1-7H;2-4H2,1H3,(H,6,7)(H2,8,9,10);2H2,1H3. The first-order valence-corrected chi connectivity index (χ1v) is 8.85. The van der Waals surface area contributed by atoms with E-state index in [0.29, 0.717) is 13.0 Å². The minimum absolute atomic E-state index is 0.173. The van der Waals surface area contributed by atoms with Crippen LogP contribution in [-0.2, 0) is 9.36 Å². The highest BCUT2D eigenvalue weighted by Gasteiger charge is 2.10. The molecule has 23 heavy (non-hydrogen) atoms. The van der Waals surface area contributed by atoms with Crippen LogP contribution in [-0.4, -0.2) is 40.4 Å². The molecule has 0 saturated heterocycles. The Labute approximate surface area is 136 Å². The highest BCUT2D eigenvalue weighted by Crippen LogP contribution is 2.34. The number of hydrogen-bond donors (Lipinski definition) is 4. The molecule has 2 aromatic rings. The second-order valence-electron chi connectivity index (χ2n) is 4.42. The van der Waals surface area contributed by atoms with Crippen LogP contribution in [0.5, 0.6) is 0 Å². The fraction of sp³-hybridized carbons (Fsp3) is 0.333. The highest BCUT2D eigenvalue weighted by atomic mass is 31.2.